The van der Waals surface area contributed by atoms with Crippen molar-refractivity contribution in [2.45, 2.75) is 12.8 Å². The molecule has 0 aliphatic carbocycles. The van der Waals surface area contributed by atoms with E-state index in [1.165, 1.54) is 0 Å². The van der Waals surface area contributed by atoms with E-state index in [1.54, 1.807) is 24.3 Å². The molecule has 1 aromatic heterocycles. The van der Waals surface area contributed by atoms with E-state index in [4.69, 9.17) is 0 Å². The van der Waals surface area contributed by atoms with Gasteiger partial charge in [-0.15, -0.1) is 0 Å². The number of aromatic nitrogens is 2. The minimum absolute atomic E-state index is 0.0492. The molecule has 0 spiro atoms. The Labute approximate surface area is 169 Å². The molecule has 2 aliphatic rings. The molecule has 8 heteroatoms. The van der Waals surface area contributed by atoms with Crippen LogP contribution in [0.2, 0.25) is 0 Å². The van der Waals surface area contributed by atoms with Crippen molar-refractivity contribution in [2.75, 3.05) is 51.2 Å². The molecule has 3 heterocycles. The quantitative estimate of drug-likeness (QED) is 0.848. The molecular formula is C21H26FN5O2. The molecular weight excluding hydrogens is 373 g/mol. The summed E-state index contributed by atoms with van der Waals surface area (Å²) in [6.07, 6.45) is 1.99. The second-order valence-corrected chi connectivity index (χ2v) is 7.83. The second kappa shape index (κ2) is 8.32. The largest absolute Gasteiger partial charge is 0.339 e. The molecule has 29 heavy (non-hydrogen) atoms. The summed E-state index contributed by atoms with van der Waals surface area (Å²) in [6.45, 7) is 4.10. The Balaban J connectivity index is 1.47. The molecule has 4 rings (SSSR count). The van der Waals surface area contributed by atoms with Crippen LogP contribution in [0.25, 0.3) is 11.3 Å². The highest BCUT2D eigenvalue weighted by Gasteiger charge is 2.30. The number of carbonyl (C=O) groups is 1. The van der Waals surface area contributed by atoms with Crippen molar-refractivity contribution in [1.82, 2.24) is 19.8 Å². The number of aromatic amines is 1. The molecule has 7 nitrogen and oxygen atoms in total. The number of piperazine rings is 1. The van der Waals surface area contributed by atoms with Crippen molar-refractivity contribution >= 4 is 11.9 Å². The zero-order valence-corrected chi connectivity index (χ0v) is 16.6. The van der Waals surface area contributed by atoms with Crippen LogP contribution in [0.3, 0.4) is 0 Å². The highest BCUT2D eigenvalue weighted by Crippen LogP contribution is 2.22. The van der Waals surface area contributed by atoms with Gasteiger partial charge in [-0.05, 0) is 26.4 Å². The van der Waals surface area contributed by atoms with Crippen LogP contribution >= 0.6 is 0 Å². The number of carbonyl (C=O) groups excluding carboxylic acids is 1. The summed E-state index contributed by atoms with van der Waals surface area (Å²) in [5.74, 6) is -0.259. The lowest BCUT2D eigenvalue weighted by atomic mass is 9.96. The summed E-state index contributed by atoms with van der Waals surface area (Å²) in [5, 5.41) is 0. The van der Waals surface area contributed by atoms with Gasteiger partial charge in [-0.25, -0.2) is 4.98 Å². The predicted molar refractivity (Wildman–Crippen MR) is 109 cm³/mol. The molecule has 2 aromatic rings. The Morgan fingerprint density at radius 3 is 2.55 bits per heavy atom. The van der Waals surface area contributed by atoms with Gasteiger partial charge in [0, 0.05) is 38.3 Å². The number of hydrogen-bond donors (Lipinski definition) is 1. The molecule has 2 fully saturated rings. The van der Waals surface area contributed by atoms with Crippen LogP contribution in [0.5, 0.6) is 0 Å². The first-order chi connectivity index (χ1) is 14.0. The van der Waals surface area contributed by atoms with Crippen molar-refractivity contribution in [3.8, 4) is 11.3 Å². The van der Waals surface area contributed by atoms with Crippen LogP contribution in [-0.4, -0.2) is 72.0 Å². The molecule has 1 atom stereocenters. The Morgan fingerprint density at radius 1 is 1.14 bits per heavy atom. The molecule has 1 unspecified atom stereocenters. The third kappa shape index (κ3) is 4.17. The van der Waals surface area contributed by atoms with Crippen molar-refractivity contribution in [3.05, 3.63) is 46.5 Å². The SMILES string of the molecule is CN1CCCC(C(=O)N2CCN(c3nc(-c4ccccc4)c(F)c(=O)[nH]3)CC2)C1. The molecule has 1 N–H and O–H groups in total. The molecule has 2 saturated heterocycles. The monoisotopic (exact) mass is 399 g/mol. The average Bonchev–Trinajstić information content (AvgIpc) is 2.76. The molecule has 1 amide bonds. The topological polar surface area (TPSA) is 72.5 Å². The van der Waals surface area contributed by atoms with Crippen molar-refractivity contribution in [3.63, 3.8) is 0 Å². The number of H-pyrrole nitrogens is 1. The highest BCUT2D eigenvalue weighted by molar-refractivity contribution is 5.79. The summed E-state index contributed by atoms with van der Waals surface area (Å²) in [5.41, 5.74) is -0.168. The average molecular weight is 399 g/mol. The van der Waals surface area contributed by atoms with Crippen LogP contribution in [0.4, 0.5) is 10.3 Å². The van der Waals surface area contributed by atoms with Crippen LogP contribution < -0.4 is 10.5 Å². The maximum absolute atomic E-state index is 14.4. The van der Waals surface area contributed by atoms with Crippen molar-refractivity contribution in [2.24, 2.45) is 5.92 Å². The van der Waals surface area contributed by atoms with E-state index in [9.17, 15) is 14.0 Å². The van der Waals surface area contributed by atoms with Gasteiger partial charge in [0.05, 0.1) is 5.92 Å². The van der Waals surface area contributed by atoms with E-state index in [1.807, 2.05) is 15.9 Å². The van der Waals surface area contributed by atoms with Gasteiger partial charge in [0.25, 0.3) is 5.56 Å². The number of nitrogens with zero attached hydrogens (tertiary/aromatic N) is 4. The number of benzene rings is 1. The third-order valence-corrected chi connectivity index (χ3v) is 5.76. The zero-order valence-electron chi connectivity index (χ0n) is 16.6. The number of piperidine rings is 1. The van der Waals surface area contributed by atoms with E-state index in [0.29, 0.717) is 37.7 Å². The van der Waals surface area contributed by atoms with Crippen molar-refractivity contribution < 1.29 is 9.18 Å². The van der Waals surface area contributed by atoms with Gasteiger partial charge in [0.2, 0.25) is 17.7 Å². The van der Waals surface area contributed by atoms with E-state index in [-0.39, 0.29) is 17.5 Å². The summed E-state index contributed by atoms with van der Waals surface area (Å²) in [7, 11) is 2.05. The first-order valence-corrected chi connectivity index (χ1v) is 10.1. The standard InChI is InChI=1S/C21H26FN5O2/c1-25-9-5-8-16(14-25)20(29)26-10-12-27(13-11-26)21-23-18(17(22)19(28)24-21)15-6-3-2-4-7-15/h2-4,6-7,16H,5,8-14H2,1H3,(H,23,24,28). The summed E-state index contributed by atoms with van der Waals surface area (Å²) < 4.78 is 14.4. The number of nitrogens with one attached hydrogen (secondary N) is 1. The summed E-state index contributed by atoms with van der Waals surface area (Å²) in [6, 6.07) is 8.85. The van der Waals surface area contributed by atoms with Gasteiger partial charge >= 0.3 is 0 Å². The number of rotatable bonds is 3. The molecule has 2 aliphatic heterocycles. The zero-order chi connectivity index (χ0) is 20.4. The lowest BCUT2D eigenvalue weighted by Gasteiger charge is -2.38. The van der Waals surface area contributed by atoms with Gasteiger partial charge in [0.15, 0.2) is 0 Å². The second-order valence-electron chi connectivity index (χ2n) is 7.83. The smallest absolute Gasteiger partial charge is 0.289 e. The fourth-order valence-electron chi connectivity index (χ4n) is 4.15. The fourth-order valence-corrected chi connectivity index (χ4v) is 4.15. The normalized spacial score (nSPS) is 20.7. The first kappa shape index (κ1) is 19.6. The van der Waals surface area contributed by atoms with E-state index in [2.05, 4.69) is 21.9 Å². The summed E-state index contributed by atoms with van der Waals surface area (Å²) in [4.78, 5) is 37.9. The number of hydrogen-bond acceptors (Lipinski definition) is 5. The van der Waals surface area contributed by atoms with E-state index in [0.717, 1.165) is 25.9 Å². The Kier molecular flexibility index (Phi) is 5.62. The number of anilines is 1. The Bertz CT molecular complexity index is 924. The molecule has 0 bridgehead atoms. The predicted octanol–water partition coefficient (Wildman–Crippen LogP) is 1.57. The van der Waals surface area contributed by atoms with Gasteiger partial charge in [-0.3, -0.25) is 14.6 Å². The minimum atomic E-state index is -0.879. The van der Waals surface area contributed by atoms with Gasteiger partial charge < -0.3 is 14.7 Å². The number of likely N-dealkylation sites (tertiary alicyclic amines) is 1. The Hall–Kier alpha value is -2.74. The van der Waals surface area contributed by atoms with Gasteiger partial charge in [-0.1, -0.05) is 30.3 Å². The third-order valence-electron chi connectivity index (χ3n) is 5.76. The van der Waals surface area contributed by atoms with Crippen molar-refractivity contribution in [1.29, 1.82) is 0 Å². The molecule has 1 aromatic carbocycles. The van der Waals surface area contributed by atoms with Crippen LogP contribution in [0.15, 0.2) is 35.1 Å². The molecule has 154 valence electrons. The number of amides is 1. The Morgan fingerprint density at radius 2 is 1.86 bits per heavy atom. The number of halogens is 1. The maximum atomic E-state index is 14.4. The summed E-state index contributed by atoms with van der Waals surface area (Å²) >= 11 is 0. The van der Waals surface area contributed by atoms with Crippen LogP contribution in [-0.2, 0) is 4.79 Å². The molecule has 0 saturated carbocycles. The van der Waals surface area contributed by atoms with E-state index >= 15 is 0 Å². The minimum Gasteiger partial charge on any atom is -0.339 e. The van der Waals surface area contributed by atoms with Gasteiger partial charge in [0.1, 0.15) is 5.69 Å². The first-order valence-electron chi connectivity index (χ1n) is 10.1. The lowest BCUT2D eigenvalue weighted by molar-refractivity contribution is -0.137. The maximum Gasteiger partial charge on any atom is 0.289 e. The fraction of sp³-hybridized carbons (Fsp3) is 0.476. The van der Waals surface area contributed by atoms with Crippen LogP contribution in [0.1, 0.15) is 12.8 Å². The van der Waals surface area contributed by atoms with Crippen LogP contribution in [0, 0.1) is 11.7 Å². The van der Waals surface area contributed by atoms with Gasteiger partial charge in [-0.2, -0.15) is 4.39 Å². The highest BCUT2D eigenvalue weighted by atomic mass is 19.1. The van der Waals surface area contributed by atoms with E-state index < -0.39 is 11.4 Å². The molecule has 0 radical (unpaired) electrons. The lowest BCUT2D eigenvalue weighted by Crippen LogP contribution is -2.52.